The Hall–Kier alpha value is -1.79. The second-order valence-corrected chi connectivity index (χ2v) is 5.53. The third-order valence-corrected chi connectivity index (χ3v) is 3.85. The summed E-state index contributed by atoms with van der Waals surface area (Å²) in [6.45, 7) is 2.03. The Bertz CT molecular complexity index is 580. The Labute approximate surface area is 121 Å². The quantitative estimate of drug-likeness (QED) is 0.849. The lowest BCUT2D eigenvalue weighted by atomic mass is 10.1. The van der Waals surface area contributed by atoms with Gasteiger partial charge in [0.25, 0.3) is 0 Å². The molecule has 0 amide bonds. The molecule has 0 aliphatic heterocycles. The highest BCUT2D eigenvalue weighted by atomic mass is 32.2. The topological polar surface area (TPSA) is 89.4 Å². The van der Waals surface area contributed by atoms with E-state index in [0.717, 1.165) is 11.3 Å². The number of aliphatic carboxylic acids is 1. The first-order valence-corrected chi connectivity index (χ1v) is 7.30. The van der Waals surface area contributed by atoms with Gasteiger partial charge in [-0.1, -0.05) is 35.0 Å². The van der Waals surface area contributed by atoms with Crippen molar-refractivity contribution in [2.45, 2.75) is 18.7 Å². The summed E-state index contributed by atoms with van der Waals surface area (Å²) in [5.41, 5.74) is 8.39. The molecule has 20 heavy (non-hydrogen) atoms. The van der Waals surface area contributed by atoms with Gasteiger partial charge in [-0.2, -0.15) is 11.8 Å². The van der Waals surface area contributed by atoms with Crippen LogP contribution in [0.1, 0.15) is 11.3 Å². The molecule has 1 aromatic carbocycles. The number of carboxylic acids is 1. The molecule has 3 N–H and O–H groups in total. The van der Waals surface area contributed by atoms with Gasteiger partial charge in [0.1, 0.15) is 17.5 Å². The molecule has 0 bridgehead atoms. The Morgan fingerprint density at radius 1 is 1.45 bits per heavy atom. The second-order valence-electron chi connectivity index (χ2n) is 4.50. The van der Waals surface area contributed by atoms with Gasteiger partial charge < -0.3 is 15.4 Å². The molecule has 0 fully saturated rings. The van der Waals surface area contributed by atoms with E-state index >= 15 is 0 Å². The number of benzene rings is 1. The zero-order chi connectivity index (χ0) is 14.5. The molecule has 1 aromatic heterocycles. The van der Waals surface area contributed by atoms with Crippen molar-refractivity contribution in [2.24, 2.45) is 5.73 Å². The van der Waals surface area contributed by atoms with Gasteiger partial charge in [0.15, 0.2) is 0 Å². The molecule has 0 aliphatic rings. The molecular weight excluding hydrogens is 276 g/mol. The maximum absolute atomic E-state index is 10.6. The number of aryl methyl sites for hydroxylation is 1. The summed E-state index contributed by atoms with van der Waals surface area (Å²) in [4.78, 5) is 10.6. The van der Waals surface area contributed by atoms with E-state index in [1.807, 2.05) is 37.3 Å². The minimum atomic E-state index is -0.990. The number of aromatic nitrogens is 1. The lowest BCUT2D eigenvalue weighted by molar-refractivity contribution is -0.137. The smallest absolute Gasteiger partial charge is 0.321 e. The van der Waals surface area contributed by atoms with Gasteiger partial charge in [0, 0.05) is 17.4 Å². The molecule has 0 saturated heterocycles. The number of hydrogen-bond acceptors (Lipinski definition) is 5. The Kier molecular flexibility index (Phi) is 4.81. The van der Waals surface area contributed by atoms with E-state index in [-0.39, 0.29) is 0 Å². The summed E-state index contributed by atoms with van der Waals surface area (Å²) >= 11 is 1.41. The summed E-state index contributed by atoms with van der Waals surface area (Å²) in [6, 6.07) is 9.03. The molecule has 0 radical (unpaired) electrons. The molecular formula is C14H16N2O3S. The number of hydrogen-bond donors (Lipinski definition) is 2. The molecule has 2 aromatic rings. The van der Waals surface area contributed by atoms with Crippen LogP contribution >= 0.6 is 11.8 Å². The van der Waals surface area contributed by atoms with Crippen LogP contribution in [0, 0.1) is 6.92 Å². The van der Waals surface area contributed by atoms with Crippen LogP contribution < -0.4 is 5.73 Å². The molecule has 0 aliphatic carbocycles. The third-order valence-electron chi connectivity index (χ3n) is 2.77. The van der Waals surface area contributed by atoms with E-state index < -0.39 is 12.0 Å². The van der Waals surface area contributed by atoms with Gasteiger partial charge in [-0.3, -0.25) is 4.79 Å². The Morgan fingerprint density at radius 3 is 2.80 bits per heavy atom. The fourth-order valence-corrected chi connectivity index (χ4v) is 2.45. The van der Waals surface area contributed by atoms with E-state index in [0.29, 0.717) is 17.3 Å². The first-order valence-electron chi connectivity index (χ1n) is 6.15. The van der Waals surface area contributed by atoms with Crippen LogP contribution in [0.4, 0.5) is 0 Å². The van der Waals surface area contributed by atoms with Crippen molar-refractivity contribution in [3.8, 4) is 11.3 Å². The van der Waals surface area contributed by atoms with E-state index in [4.69, 9.17) is 15.4 Å². The Balaban J connectivity index is 1.92. The van der Waals surface area contributed by atoms with Crippen molar-refractivity contribution in [3.05, 3.63) is 41.7 Å². The van der Waals surface area contributed by atoms with Crippen molar-refractivity contribution < 1.29 is 14.4 Å². The van der Waals surface area contributed by atoms with E-state index in [9.17, 15) is 4.79 Å². The van der Waals surface area contributed by atoms with Crippen molar-refractivity contribution in [1.29, 1.82) is 0 Å². The lowest BCUT2D eigenvalue weighted by Gasteiger charge is -2.03. The van der Waals surface area contributed by atoms with Crippen molar-refractivity contribution in [3.63, 3.8) is 0 Å². The number of carbonyl (C=O) groups is 1. The van der Waals surface area contributed by atoms with Crippen LogP contribution in [0.25, 0.3) is 11.3 Å². The molecule has 2 rings (SSSR count). The van der Waals surface area contributed by atoms with Crippen LogP contribution in [0.2, 0.25) is 0 Å². The van der Waals surface area contributed by atoms with Gasteiger partial charge in [0.2, 0.25) is 0 Å². The normalized spacial score (nSPS) is 12.3. The van der Waals surface area contributed by atoms with E-state index in [2.05, 4.69) is 5.16 Å². The molecule has 1 atom stereocenters. The molecule has 5 nitrogen and oxygen atoms in total. The van der Waals surface area contributed by atoms with Crippen LogP contribution in [0.5, 0.6) is 0 Å². The van der Waals surface area contributed by atoms with Gasteiger partial charge in [0.05, 0.1) is 5.75 Å². The Morgan fingerprint density at radius 2 is 2.15 bits per heavy atom. The number of carboxylic acid groups (broad SMARTS) is 1. The maximum Gasteiger partial charge on any atom is 0.321 e. The first kappa shape index (κ1) is 14.6. The fourth-order valence-electron chi connectivity index (χ4n) is 1.60. The van der Waals surface area contributed by atoms with E-state index in [1.165, 1.54) is 17.3 Å². The fraction of sp³-hybridized carbons (Fsp3) is 0.286. The second kappa shape index (κ2) is 6.58. The largest absolute Gasteiger partial charge is 0.480 e. The van der Waals surface area contributed by atoms with Crippen LogP contribution in [0.3, 0.4) is 0 Å². The number of nitrogens with two attached hydrogens (primary N) is 1. The zero-order valence-corrected chi connectivity index (χ0v) is 11.9. The lowest BCUT2D eigenvalue weighted by Crippen LogP contribution is -2.32. The minimum Gasteiger partial charge on any atom is -0.480 e. The molecule has 106 valence electrons. The minimum absolute atomic E-state index is 0.343. The highest BCUT2D eigenvalue weighted by Crippen LogP contribution is 2.22. The number of rotatable bonds is 6. The molecule has 6 heteroatoms. The van der Waals surface area contributed by atoms with Gasteiger partial charge in [-0.15, -0.1) is 0 Å². The summed E-state index contributed by atoms with van der Waals surface area (Å²) in [7, 11) is 0. The van der Waals surface area contributed by atoms with Gasteiger partial charge in [-0.25, -0.2) is 0 Å². The summed E-state index contributed by atoms with van der Waals surface area (Å²) in [5, 5.41) is 12.7. The third kappa shape index (κ3) is 3.85. The summed E-state index contributed by atoms with van der Waals surface area (Å²) in [5.74, 6) is 0.619. The van der Waals surface area contributed by atoms with Gasteiger partial charge in [-0.05, 0) is 6.92 Å². The summed E-state index contributed by atoms with van der Waals surface area (Å²) in [6.07, 6.45) is 0. The SMILES string of the molecule is Cc1ccc(-c2cc(CSCC(N)C(=O)O)on2)cc1. The number of nitrogens with zero attached hydrogens (tertiary/aromatic N) is 1. The maximum atomic E-state index is 10.6. The molecule has 1 unspecified atom stereocenters. The van der Waals surface area contributed by atoms with E-state index in [1.54, 1.807) is 0 Å². The van der Waals surface area contributed by atoms with Crippen molar-refractivity contribution >= 4 is 17.7 Å². The first-order chi connectivity index (χ1) is 9.56. The highest BCUT2D eigenvalue weighted by molar-refractivity contribution is 7.98. The number of thioether (sulfide) groups is 1. The average Bonchev–Trinajstić information content (AvgIpc) is 2.88. The van der Waals surface area contributed by atoms with Gasteiger partial charge >= 0.3 is 5.97 Å². The van der Waals surface area contributed by atoms with Crippen LogP contribution in [-0.4, -0.2) is 28.0 Å². The molecule has 0 spiro atoms. The predicted molar refractivity (Wildman–Crippen MR) is 78.4 cm³/mol. The zero-order valence-electron chi connectivity index (χ0n) is 11.1. The average molecular weight is 292 g/mol. The standard InChI is InChI=1S/C14H16N2O3S/c1-9-2-4-10(5-3-9)13-6-11(19-16-13)7-20-8-12(15)14(17)18/h2-6,12H,7-8,15H2,1H3,(H,17,18). The monoisotopic (exact) mass is 292 g/mol. The predicted octanol–water partition coefficient (Wildman–Crippen LogP) is 2.30. The summed E-state index contributed by atoms with van der Waals surface area (Å²) < 4.78 is 5.23. The van der Waals surface area contributed by atoms with Crippen molar-refractivity contribution in [1.82, 2.24) is 5.16 Å². The molecule has 1 heterocycles. The van der Waals surface area contributed by atoms with Crippen LogP contribution in [-0.2, 0) is 10.5 Å². The highest BCUT2D eigenvalue weighted by Gasteiger charge is 2.12. The van der Waals surface area contributed by atoms with Crippen molar-refractivity contribution in [2.75, 3.05) is 5.75 Å². The van der Waals surface area contributed by atoms with Crippen LogP contribution in [0.15, 0.2) is 34.9 Å². The molecule has 0 saturated carbocycles.